The molecule has 0 aliphatic carbocycles. The summed E-state index contributed by atoms with van der Waals surface area (Å²) in [5.41, 5.74) is 4.53. The Balaban J connectivity index is 1.34. The van der Waals surface area contributed by atoms with Gasteiger partial charge in [-0.2, -0.15) is 0 Å². The Morgan fingerprint density at radius 3 is 2.69 bits per heavy atom. The van der Waals surface area contributed by atoms with Crippen molar-refractivity contribution in [3.05, 3.63) is 80.7 Å². The zero-order valence-corrected chi connectivity index (χ0v) is 20.6. The van der Waals surface area contributed by atoms with E-state index in [-0.39, 0.29) is 12.3 Å². The first-order valence-electron chi connectivity index (χ1n) is 11.8. The highest BCUT2D eigenvalue weighted by molar-refractivity contribution is 6.34. The third-order valence-corrected chi connectivity index (χ3v) is 7.09. The number of carboxylic acids is 1. The maximum absolute atomic E-state index is 13.5. The maximum atomic E-state index is 13.5. The molecule has 2 aliphatic rings. The Morgan fingerprint density at radius 2 is 1.91 bits per heavy atom. The molecule has 1 atom stereocenters. The number of benzene rings is 1. The topological polar surface area (TPSA) is 87.5 Å². The molecule has 0 saturated carbocycles. The van der Waals surface area contributed by atoms with Crippen molar-refractivity contribution < 1.29 is 14.7 Å². The number of aryl methyl sites for hydroxylation is 3. The molecule has 2 N–H and O–H groups in total. The van der Waals surface area contributed by atoms with Crippen LogP contribution in [0.3, 0.4) is 0 Å². The first-order valence-corrected chi connectivity index (χ1v) is 12.5. The standard InChI is InChI=1S/C26H26Cl2N4O3/c27-19-11-18(12-20(28)13-19)22(14-24(33)34)32-9-8-31-15-16(10-23(31)26(32)35)3-5-21-6-4-17-2-1-7-29-25(17)30-21/h4,6,10-13,15,22H,1-3,5,7-9,14H2,(H,29,30)(H,33,34). The van der Waals surface area contributed by atoms with Crippen LogP contribution in [0.15, 0.2) is 42.6 Å². The van der Waals surface area contributed by atoms with E-state index in [9.17, 15) is 14.7 Å². The third-order valence-electron chi connectivity index (χ3n) is 6.65. The molecule has 0 bridgehead atoms. The number of hydrogen-bond donors (Lipinski definition) is 2. The minimum Gasteiger partial charge on any atom is -0.481 e. The molecular formula is C26H26Cl2N4O3. The third kappa shape index (κ3) is 5.16. The molecule has 2 aliphatic heterocycles. The molecule has 2 aromatic heterocycles. The number of carbonyl (C=O) groups is 2. The van der Waals surface area contributed by atoms with Crippen LogP contribution >= 0.6 is 23.2 Å². The van der Waals surface area contributed by atoms with E-state index in [0.29, 0.717) is 34.4 Å². The average Bonchev–Trinajstić information content (AvgIpc) is 3.25. The van der Waals surface area contributed by atoms with E-state index < -0.39 is 12.0 Å². The van der Waals surface area contributed by atoms with E-state index in [4.69, 9.17) is 28.2 Å². The van der Waals surface area contributed by atoms with E-state index in [1.807, 2.05) is 16.8 Å². The van der Waals surface area contributed by atoms with Crippen LogP contribution in [0, 0.1) is 0 Å². The van der Waals surface area contributed by atoms with Crippen LogP contribution in [0.25, 0.3) is 0 Å². The van der Waals surface area contributed by atoms with Crippen molar-refractivity contribution in [3.63, 3.8) is 0 Å². The number of carboxylic acid groups (broad SMARTS) is 1. The molecule has 35 heavy (non-hydrogen) atoms. The van der Waals surface area contributed by atoms with Gasteiger partial charge in [0, 0.05) is 41.6 Å². The summed E-state index contributed by atoms with van der Waals surface area (Å²) in [7, 11) is 0. The first kappa shape index (κ1) is 23.7. The molecule has 0 spiro atoms. The van der Waals surface area contributed by atoms with Gasteiger partial charge in [-0.3, -0.25) is 9.59 Å². The van der Waals surface area contributed by atoms with Crippen molar-refractivity contribution in [2.45, 2.75) is 44.7 Å². The fourth-order valence-corrected chi connectivity index (χ4v) is 5.50. The SMILES string of the molecule is O=C(O)CC(c1cc(Cl)cc(Cl)c1)N1CCn2cc(CCc3ccc4c(n3)NCCC4)cc2C1=O. The average molecular weight is 513 g/mol. The molecule has 9 heteroatoms. The number of nitrogens with one attached hydrogen (secondary N) is 1. The van der Waals surface area contributed by atoms with E-state index in [2.05, 4.69) is 17.4 Å². The summed E-state index contributed by atoms with van der Waals surface area (Å²) in [4.78, 5) is 31.5. The van der Waals surface area contributed by atoms with Crippen LogP contribution in [-0.4, -0.2) is 44.5 Å². The number of fused-ring (bicyclic) bond motifs is 2. The molecule has 0 fully saturated rings. The molecule has 1 unspecified atom stereocenters. The second kappa shape index (κ2) is 9.91. The Morgan fingerprint density at radius 1 is 1.11 bits per heavy atom. The molecule has 0 radical (unpaired) electrons. The highest BCUT2D eigenvalue weighted by Gasteiger charge is 2.33. The smallest absolute Gasteiger partial charge is 0.305 e. The molecule has 1 amide bonds. The number of nitrogens with zero attached hydrogens (tertiary/aromatic N) is 3. The Labute approximate surface area is 213 Å². The lowest BCUT2D eigenvalue weighted by Crippen LogP contribution is -2.42. The summed E-state index contributed by atoms with van der Waals surface area (Å²) in [6.45, 7) is 1.95. The predicted molar refractivity (Wildman–Crippen MR) is 135 cm³/mol. The van der Waals surface area contributed by atoms with Crippen LogP contribution in [0.5, 0.6) is 0 Å². The lowest BCUT2D eigenvalue weighted by molar-refractivity contribution is -0.138. The van der Waals surface area contributed by atoms with Crippen LogP contribution in [0.2, 0.25) is 10.0 Å². The summed E-state index contributed by atoms with van der Waals surface area (Å²) in [6.07, 6.45) is 5.52. The van der Waals surface area contributed by atoms with Gasteiger partial charge in [0.25, 0.3) is 5.91 Å². The van der Waals surface area contributed by atoms with Gasteiger partial charge in [-0.15, -0.1) is 0 Å². The van der Waals surface area contributed by atoms with Crippen molar-refractivity contribution in [3.8, 4) is 0 Å². The minimum atomic E-state index is -0.993. The molecule has 3 aromatic rings. The van der Waals surface area contributed by atoms with E-state index in [1.54, 1.807) is 23.1 Å². The lowest BCUT2D eigenvalue weighted by Gasteiger charge is -2.35. The number of pyridine rings is 1. The van der Waals surface area contributed by atoms with Gasteiger partial charge >= 0.3 is 5.97 Å². The molecule has 4 heterocycles. The van der Waals surface area contributed by atoms with Gasteiger partial charge in [-0.05, 0) is 72.7 Å². The zero-order chi connectivity index (χ0) is 24.5. The summed E-state index contributed by atoms with van der Waals surface area (Å²) in [6, 6.07) is 10.4. The Bertz CT molecular complexity index is 1270. The van der Waals surface area contributed by atoms with Gasteiger partial charge in [0.2, 0.25) is 0 Å². The molecule has 7 nitrogen and oxygen atoms in total. The number of aliphatic carboxylic acids is 1. The number of halogens is 2. The summed E-state index contributed by atoms with van der Waals surface area (Å²) in [5, 5.41) is 13.7. The van der Waals surface area contributed by atoms with Gasteiger partial charge < -0.3 is 19.9 Å². The summed E-state index contributed by atoms with van der Waals surface area (Å²) >= 11 is 12.3. The lowest BCUT2D eigenvalue weighted by atomic mass is 10.0. The number of hydrogen-bond acceptors (Lipinski definition) is 4. The fraction of sp³-hybridized carbons (Fsp3) is 0.346. The number of aromatic nitrogens is 2. The van der Waals surface area contributed by atoms with Crippen molar-refractivity contribution in [2.75, 3.05) is 18.4 Å². The van der Waals surface area contributed by atoms with Crippen molar-refractivity contribution in [1.82, 2.24) is 14.5 Å². The van der Waals surface area contributed by atoms with Gasteiger partial charge in [0.15, 0.2) is 0 Å². The zero-order valence-electron chi connectivity index (χ0n) is 19.1. The number of anilines is 1. The van der Waals surface area contributed by atoms with Crippen LogP contribution in [-0.2, 0) is 30.6 Å². The highest BCUT2D eigenvalue weighted by atomic mass is 35.5. The number of amides is 1. The van der Waals surface area contributed by atoms with Crippen LogP contribution < -0.4 is 5.32 Å². The van der Waals surface area contributed by atoms with Crippen molar-refractivity contribution in [2.24, 2.45) is 0 Å². The second-order valence-electron chi connectivity index (χ2n) is 9.08. The van der Waals surface area contributed by atoms with E-state index in [0.717, 1.165) is 49.3 Å². The van der Waals surface area contributed by atoms with Gasteiger partial charge in [0.1, 0.15) is 11.5 Å². The van der Waals surface area contributed by atoms with Crippen LogP contribution in [0.1, 0.15) is 51.8 Å². The van der Waals surface area contributed by atoms with Gasteiger partial charge in [-0.1, -0.05) is 29.3 Å². The predicted octanol–water partition coefficient (Wildman–Crippen LogP) is 5.01. The quantitative estimate of drug-likeness (QED) is 0.464. The summed E-state index contributed by atoms with van der Waals surface area (Å²) < 4.78 is 1.96. The second-order valence-corrected chi connectivity index (χ2v) is 9.96. The number of rotatable bonds is 7. The Hall–Kier alpha value is -3.03. The fourth-order valence-electron chi connectivity index (χ4n) is 4.95. The summed E-state index contributed by atoms with van der Waals surface area (Å²) in [5.74, 6) is -0.199. The molecule has 0 saturated heterocycles. The van der Waals surface area contributed by atoms with E-state index >= 15 is 0 Å². The maximum Gasteiger partial charge on any atom is 0.305 e. The first-order chi connectivity index (χ1) is 16.9. The van der Waals surface area contributed by atoms with Gasteiger partial charge in [-0.25, -0.2) is 4.98 Å². The normalized spacial score (nSPS) is 15.8. The largest absolute Gasteiger partial charge is 0.481 e. The van der Waals surface area contributed by atoms with Crippen molar-refractivity contribution >= 4 is 40.9 Å². The molecule has 1 aromatic carbocycles. The molecular weight excluding hydrogens is 487 g/mol. The monoisotopic (exact) mass is 512 g/mol. The Kier molecular flexibility index (Phi) is 6.71. The van der Waals surface area contributed by atoms with Crippen molar-refractivity contribution in [1.29, 1.82) is 0 Å². The molecule has 182 valence electrons. The van der Waals surface area contributed by atoms with Gasteiger partial charge in [0.05, 0.1) is 12.5 Å². The van der Waals surface area contributed by atoms with Crippen LogP contribution in [0.4, 0.5) is 5.82 Å². The molecule has 5 rings (SSSR count). The van der Waals surface area contributed by atoms with E-state index in [1.165, 1.54) is 5.56 Å². The highest BCUT2D eigenvalue weighted by Crippen LogP contribution is 2.33. The number of carbonyl (C=O) groups excluding carboxylic acids is 1. The minimum absolute atomic E-state index is 0.194.